The maximum atomic E-state index is 14.3. The summed E-state index contributed by atoms with van der Waals surface area (Å²) in [5, 5.41) is 40.1. The number of carboxylic acid groups (broad SMARTS) is 2. The summed E-state index contributed by atoms with van der Waals surface area (Å²) in [5.74, 6) is -5.57. The minimum atomic E-state index is -7.17. The average Bonchev–Trinajstić information content (AvgIpc) is 0.717. The van der Waals surface area contributed by atoms with Crippen molar-refractivity contribution in [2.24, 2.45) is 0 Å². The number of rotatable bonds is 47. The van der Waals surface area contributed by atoms with E-state index >= 15 is 0 Å². The molecule has 24 atom stereocenters. The fourth-order valence-electron chi connectivity index (χ4n) is 14.0. The Morgan fingerprint density at radius 1 is 0.324 bits per heavy atom. The van der Waals surface area contributed by atoms with E-state index in [0.29, 0.717) is 12.7 Å². The van der Waals surface area contributed by atoms with Gasteiger partial charge in [-0.15, -0.1) is 0 Å². The normalized spacial score (nSPS) is 27.9. The Labute approximate surface area is 1060 Å². The Morgan fingerprint density at radius 3 is 0.958 bits per heavy atom. The van der Waals surface area contributed by atoms with Crippen LogP contribution >= 0.6 is 0 Å². The van der Waals surface area contributed by atoms with Crippen molar-refractivity contribution < 1.29 is 559 Å². The van der Waals surface area contributed by atoms with Gasteiger partial charge in [-0.2, -0.15) is 9.44 Å². The molecule has 5 aliphatic heterocycles. The number of benzene rings is 5. The Balaban J connectivity index is 0. The molecule has 0 amide bonds. The van der Waals surface area contributed by atoms with Crippen LogP contribution in [0.3, 0.4) is 0 Å². The fraction of sp³-hybridized carbons (Fsp3) is 0.515. The molecule has 0 aromatic heterocycles. The monoisotopic (exact) mass is 2290 g/mol. The van der Waals surface area contributed by atoms with E-state index < -0.39 is 311 Å². The molecule has 142 heavy (non-hydrogen) atoms. The summed E-state index contributed by atoms with van der Waals surface area (Å²) < 4.78 is 467. The van der Waals surface area contributed by atoms with E-state index in [1.54, 1.807) is 10.8 Å². The molecule has 0 spiro atoms. The van der Waals surface area contributed by atoms with E-state index in [9.17, 15) is 142 Å². The van der Waals surface area contributed by atoms with E-state index in [2.05, 4.69) is 12.5 Å². The minimum Gasteiger partial charge on any atom is -0.735 e. The van der Waals surface area contributed by atoms with Gasteiger partial charge in [0.1, 0.15) is 110 Å². The third-order valence-electron chi connectivity index (χ3n) is 19.1. The zero-order chi connectivity index (χ0) is 96.2. The zero-order valence-corrected chi connectivity index (χ0v) is 106. The molecule has 76 heteroatoms. The summed E-state index contributed by atoms with van der Waals surface area (Å²) >= 11 is 0. The molecule has 0 unspecified atom stereocenters. The van der Waals surface area contributed by atoms with Gasteiger partial charge in [-0.05, 0) is 27.8 Å². The van der Waals surface area contributed by atoms with Crippen LogP contribution in [-0.2, 0) is 228 Å². The van der Waals surface area contributed by atoms with Gasteiger partial charge in [0, 0.05) is 7.11 Å². The first-order chi connectivity index (χ1) is 61.0. The van der Waals surface area contributed by atoms with Crippen molar-refractivity contribution >= 4 is 105 Å². The van der Waals surface area contributed by atoms with Crippen molar-refractivity contribution in [3.05, 3.63) is 179 Å². The number of aliphatic hydroxyl groups excluding tert-OH is 1. The first kappa shape index (κ1) is 148. The van der Waals surface area contributed by atoms with Crippen molar-refractivity contribution in [1.82, 2.24) is 18.9 Å². The van der Waals surface area contributed by atoms with Crippen molar-refractivity contribution in [3.63, 3.8) is 0 Å². The summed E-state index contributed by atoms with van der Waals surface area (Å²) in [6, 6.07) is 29.4. The van der Waals surface area contributed by atoms with E-state index in [1.165, 1.54) is 138 Å². The van der Waals surface area contributed by atoms with Crippen LogP contribution in [0.2, 0.25) is 0 Å². The number of aliphatic carboxylic acids is 2. The van der Waals surface area contributed by atoms with Crippen LogP contribution in [-0.4, -0.2) is 314 Å². The molecule has 5 saturated heterocycles. The SMILES string of the molecule is CO[C@H]1O[C@H](COS(=O)(=O)[O-])[C@@H](O[C@@H]2O[C@@H](C(=O)[O-])[C@@H](O[C@H]3O[C@H](COS(=O)(=O)[O-])[C@@H](O[C@@H]4O[C@H](C(=O)[O-])[C@@H](O[C@H]5O[C@H](COS(=O)(=O)[O-])[C@@H](OCc6ccccc6)[C@H](OCc6ccccc6)[C@H]5NS(=O)(=O)[O-])[C@H](OCc5ccccc5)[C@H]4OCc4ccccc4)[C@H](OS(=O)(=O)[O-])C3(NS(=O)(=O)[O-])NS(=O)(=O)[O-])[C@H](OCc3ccccc3)[C@H]2OS(=O)(=O)[O-])[C@H](O)[C@H]1NS(=O)(=O)[O-].[Na+].[Na+].[Na+].[Na+].[Na+].[Na+].[Na+].[Na+].[Na+].[Na+].[Na+]. The molecule has 0 aliphatic carbocycles. The number of nitrogens with one attached hydrogen (secondary N) is 4. The molecule has 0 radical (unpaired) electrons. The molecule has 0 bridgehead atoms. The van der Waals surface area contributed by atoms with E-state index in [0.717, 1.165) is 21.6 Å². The Bertz CT molecular complexity index is 5750. The zero-order valence-electron chi connectivity index (χ0n) is 76.9. The number of ether oxygens (including phenoxy) is 15. The minimum absolute atomic E-state index is 0. The molecule has 5 aromatic carbocycles. The number of carboxylic acids is 2. The predicted molar refractivity (Wildman–Crippen MR) is 399 cm³/mol. The Morgan fingerprint density at radius 2 is 0.620 bits per heavy atom. The molecular formula is C66H73N4Na11O52S9. The molecule has 5 aliphatic rings. The van der Waals surface area contributed by atoms with Gasteiger partial charge in [0.15, 0.2) is 84.4 Å². The van der Waals surface area contributed by atoms with Crippen LogP contribution in [0.4, 0.5) is 0 Å². The Kier molecular flexibility index (Phi) is 68.7. The number of hydrogen-bond donors (Lipinski definition) is 5. The van der Waals surface area contributed by atoms with Gasteiger partial charge < -0.3 is 137 Å². The molecule has 734 valence electrons. The summed E-state index contributed by atoms with van der Waals surface area (Å²) in [6.45, 7) is -9.85. The predicted octanol–water partition coefficient (Wildman–Crippen LogP) is -42.6. The van der Waals surface area contributed by atoms with Crippen LogP contribution < -0.4 is 354 Å². The van der Waals surface area contributed by atoms with Gasteiger partial charge in [0.05, 0.1) is 64.8 Å². The topological polar surface area (TPSA) is 848 Å². The number of carbonyl (C=O) groups excluding carboxylic acids is 2. The quantitative estimate of drug-likeness (QED) is 0.0104. The van der Waals surface area contributed by atoms with Crippen molar-refractivity contribution in [2.45, 2.75) is 186 Å². The largest absolute Gasteiger partial charge is 1.00 e. The van der Waals surface area contributed by atoms with Gasteiger partial charge in [-0.25, -0.2) is 85.2 Å². The molecule has 10 rings (SSSR count). The molecule has 0 saturated carbocycles. The molecule has 5 aromatic rings. The summed E-state index contributed by atoms with van der Waals surface area (Å²) in [4.78, 5) is 28.3. The van der Waals surface area contributed by atoms with Crippen LogP contribution in [0.5, 0.6) is 0 Å². The summed E-state index contributed by atoms with van der Waals surface area (Å²) in [5.41, 5.74) is -4.67. The van der Waals surface area contributed by atoms with Gasteiger partial charge in [-0.1, -0.05) is 152 Å². The second-order valence-electron chi connectivity index (χ2n) is 28.2. The third kappa shape index (κ3) is 47.6. The second-order valence-corrected chi connectivity index (χ2v) is 37.9. The van der Waals surface area contributed by atoms with Crippen LogP contribution in [0.1, 0.15) is 27.8 Å². The summed E-state index contributed by atoms with van der Waals surface area (Å²) in [7, 11) is -57.6. The first-order valence-electron chi connectivity index (χ1n) is 36.8. The molecule has 5 fully saturated rings. The first-order valence-corrected chi connectivity index (χ1v) is 49.1. The van der Waals surface area contributed by atoms with Gasteiger partial charge in [-0.3, -0.25) is 20.9 Å². The maximum Gasteiger partial charge on any atom is 1.00 e. The van der Waals surface area contributed by atoms with Crippen LogP contribution in [0.25, 0.3) is 0 Å². The number of aliphatic hydroxyl groups is 1. The maximum absolute atomic E-state index is 14.3. The van der Waals surface area contributed by atoms with Crippen molar-refractivity contribution in [1.29, 1.82) is 0 Å². The van der Waals surface area contributed by atoms with Crippen LogP contribution in [0, 0.1) is 0 Å². The van der Waals surface area contributed by atoms with Gasteiger partial charge in [0.2, 0.25) is 52.0 Å². The van der Waals surface area contributed by atoms with E-state index in [4.69, 9.17) is 79.4 Å². The van der Waals surface area contributed by atoms with Crippen LogP contribution in [0.15, 0.2) is 152 Å². The molecule has 56 nitrogen and oxygen atoms in total. The van der Waals surface area contributed by atoms with E-state index in [1.807, 2.05) is 0 Å². The van der Waals surface area contributed by atoms with E-state index in [-0.39, 0.29) is 347 Å². The fourth-order valence-corrected chi connectivity index (χ4v) is 18.5. The number of carbonyl (C=O) groups is 2. The molecular weight excluding hydrogens is 2220 g/mol. The third-order valence-corrected chi connectivity index (χ3v) is 23.6. The average molecular weight is 2300 g/mol. The molecule has 5 heterocycles. The summed E-state index contributed by atoms with van der Waals surface area (Å²) in [6.07, 6.45) is -66.8. The van der Waals surface area contributed by atoms with Gasteiger partial charge >= 0.3 is 325 Å². The Hall–Kier alpha value is 4.23. The van der Waals surface area contributed by atoms with Crippen molar-refractivity contribution in [2.75, 3.05) is 26.9 Å². The number of hydrogen-bond acceptors (Lipinski definition) is 52. The second kappa shape index (κ2) is 65.8. The smallest absolute Gasteiger partial charge is 0.735 e. The molecule has 5 N–H and O–H groups in total. The van der Waals surface area contributed by atoms with Gasteiger partial charge in [0.25, 0.3) is 0 Å². The number of methoxy groups -OCH3 is 1. The standard InChI is InChI=1S/C66H84N4O52S9.11Na/c1-103-61-43(67-123(76,77)78)45(71)46(40(112-61)32-109-127(88,89)90)115-64-57(121-130(97,98)99)51(107-30-38-23-13-5-14-24-38)53(55(119-64)60(74)75)120-65-66(69-125(82,83)84,70-126(85,86)87)58(122-131(100,101)102)48(42(114-65)34-111-129(94,95)96)116-63-56(108-31-39-25-15-6-16-26-39)50(106-29-37-21-11-4-12-22-37)52(54(118-63)59(72)73)117-62-44(68-124(79,80)81)49(105-28-36-19-9-3-10-20-36)47(41(113-62)33-110-128(91,92)93)104-27-35-17-7-2-8-18-35;;;;;;;;;;;/h2-26,40-58,61-65,67-71H,27-34H2,1H3,(H,72,73)(H,74,75)(H,76,77,78)(H,79,80,81)(H,82,83,84)(H,85,86,87)(H,88,89,90)(H,91,92,93)(H,94,95,96)(H,97,98,99)(H,100,101,102);;;;;;;;;;;/q;11*+1/p-11/t40-,41-,42-,43-,44-,45-,46-,47-,48-,49-,50+,51+,52+,53+,54+,55-,56-,57-,58+,61+,62-,63-,64-,65-;;;;;;;;;;;/m1.........../s1. The van der Waals surface area contributed by atoms with Crippen molar-refractivity contribution in [3.8, 4) is 0 Å².